The van der Waals surface area contributed by atoms with Crippen LogP contribution >= 0.6 is 0 Å². The number of nitrogens with zero attached hydrogens (tertiary/aromatic N) is 3. The Morgan fingerprint density at radius 2 is 2.27 bits per heavy atom. The van der Waals surface area contributed by atoms with E-state index in [0.29, 0.717) is 13.1 Å². The van der Waals surface area contributed by atoms with E-state index in [9.17, 15) is 9.59 Å². The lowest BCUT2D eigenvalue weighted by atomic mass is 9.96. The zero-order chi connectivity index (χ0) is 15.9. The van der Waals surface area contributed by atoms with Crippen molar-refractivity contribution in [3.8, 4) is 0 Å². The molecule has 6 heteroatoms. The molecule has 22 heavy (non-hydrogen) atoms. The van der Waals surface area contributed by atoms with Gasteiger partial charge in [0.1, 0.15) is 5.82 Å². The zero-order valence-corrected chi connectivity index (χ0v) is 13.3. The molecule has 2 amide bonds. The summed E-state index contributed by atoms with van der Waals surface area (Å²) in [6.07, 6.45) is 3.60. The third kappa shape index (κ3) is 3.96. The molecule has 1 N–H and O–H groups in total. The number of pyridine rings is 1. The van der Waals surface area contributed by atoms with E-state index >= 15 is 0 Å². The van der Waals surface area contributed by atoms with Crippen LogP contribution in [0.15, 0.2) is 24.4 Å². The Labute approximate surface area is 131 Å². The standard InChI is InChI=1S/C16H24N4O2/c1-3-19(12-15(21)17-2)16(22)13-7-6-10-20(11-13)14-8-4-5-9-18-14/h4-5,8-9,13H,3,6-7,10-12H2,1-2H3,(H,17,21)/t13-/m1/s1. The Morgan fingerprint density at radius 1 is 1.45 bits per heavy atom. The Morgan fingerprint density at radius 3 is 2.91 bits per heavy atom. The fraction of sp³-hybridized carbons (Fsp3) is 0.562. The summed E-state index contributed by atoms with van der Waals surface area (Å²) in [5.74, 6) is 0.772. The van der Waals surface area contributed by atoms with Crippen LogP contribution in [0.25, 0.3) is 0 Å². The number of likely N-dealkylation sites (N-methyl/N-ethyl adjacent to an activating group) is 2. The fourth-order valence-electron chi connectivity index (χ4n) is 2.78. The Kier molecular flexibility index (Phi) is 5.75. The first kappa shape index (κ1) is 16.3. The number of hydrogen-bond donors (Lipinski definition) is 1. The monoisotopic (exact) mass is 304 g/mol. The number of aromatic nitrogens is 1. The van der Waals surface area contributed by atoms with Gasteiger partial charge in [-0.05, 0) is 31.9 Å². The van der Waals surface area contributed by atoms with Gasteiger partial charge in [-0.25, -0.2) is 4.98 Å². The van der Waals surface area contributed by atoms with Crippen molar-refractivity contribution in [1.82, 2.24) is 15.2 Å². The highest BCUT2D eigenvalue weighted by atomic mass is 16.2. The van der Waals surface area contributed by atoms with E-state index < -0.39 is 0 Å². The molecular weight excluding hydrogens is 280 g/mol. The van der Waals surface area contributed by atoms with Crippen LogP contribution in [0.3, 0.4) is 0 Å². The SMILES string of the molecule is CCN(CC(=O)NC)C(=O)[C@@H]1CCCN(c2ccccn2)C1. The lowest BCUT2D eigenvalue weighted by Crippen LogP contribution is -2.47. The third-order valence-corrected chi connectivity index (χ3v) is 4.05. The third-order valence-electron chi connectivity index (χ3n) is 4.05. The summed E-state index contributed by atoms with van der Waals surface area (Å²) in [7, 11) is 1.59. The number of amides is 2. The smallest absolute Gasteiger partial charge is 0.239 e. The number of piperidine rings is 1. The van der Waals surface area contributed by atoms with Gasteiger partial charge in [-0.2, -0.15) is 0 Å². The molecule has 0 spiro atoms. The summed E-state index contributed by atoms with van der Waals surface area (Å²) in [5, 5.41) is 2.57. The van der Waals surface area contributed by atoms with Crippen molar-refractivity contribution >= 4 is 17.6 Å². The maximum Gasteiger partial charge on any atom is 0.239 e. The van der Waals surface area contributed by atoms with Crippen molar-refractivity contribution < 1.29 is 9.59 Å². The molecule has 1 atom stereocenters. The second-order valence-corrected chi connectivity index (χ2v) is 5.50. The summed E-state index contributed by atoms with van der Waals surface area (Å²) in [6.45, 7) is 4.17. The normalized spacial score (nSPS) is 17.9. The summed E-state index contributed by atoms with van der Waals surface area (Å²) in [6, 6.07) is 5.81. The maximum absolute atomic E-state index is 12.7. The highest BCUT2D eigenvalue weighted by molar-refractivity contribution is 5.86. The van der Waals surface area contributed by atoms with Gasteiger partial charge in [-0.3, -0.25) is 9.59 Å². The first-order valence-electron chi connectivity index (χ1n) is 7.81. The van der Waals surface area contributed by atoms with Crippen LogP contribution in [-0.2, 0) is 9.59 Å². The van der Waals surface area contributed by atoms with Crippen molar-refractivity contribution in [2.45, 2.75) is 19.8 Å². The molecule has 0 aromatic carbocycles. The van der Waals surface area contributed by atoms with Crippen molar-refractivity contribution in [2.75, 3.05) is 38.1 Å². The van der Waals surface area contributed by atoms with Gasteiger partial charge in [0.2, 0.25) is 11.8 Å². The van der Waals surface area contributed by atoms with Gasteiger partial charge < -0.3 is 15.1 Å². The second-order valence-electron chi connectivity index (χ2n) is 5.50. The first-order chi connectivity index (χ1) is 10.7. The molecule has 0 aliphatic carbocycles. The molecule has 1 aromatic rings. The van der Waals surface area contributed by atoms with Crippen LogP contribution in [0.5, 0.6) is 0 Å². The number of rotatable bonds is 5. The molecule has 1 saturated heterocycles. The Bertz CT molecular complexity index is 506. The number of hydrogen-bond acceptors (Lipinski definition) is 4. The van der Waals surface area contributed by atoms with Crippen molar-refractivity contribution in [2.24, 2.45) is 5.92 Å². The Hall–Kier alpha value is -2.11. The van der Waals surface area contributed by atoms with E-state index in [1.165, 1.54) is 0 Å². The molecule has 1 aliphatic heterocycles. The second kappa shape index (κ2) is 7.77. The molecule has 0 bridgehead atoms. The van der Waals surface area contributed by atoms with Crippen LogP contribution in [0, 0.1) is 5.92 Å². The maximum atomic E-state index is 12.7. The molecular formula is C16H24N4O2. The number of carbonyl (C=O) groups excluding carboxylic acids is 2. The van der Waals surface area contributed by atoms with Gasteiger partial charge in [-0.1, -0.05) is 6.07 Å². The lowest BCUT2D eigenvalue weighted by molar-refractivity contribution is -0.139. The fourth-order valence-corrected chi connectivity index (χ4v) is 2.78. The van der Waals surface area contributed by atoms with Crippen molar-refractivity contribution in [1.29, 1.82) is 0 Å². The number of anilines is 1. The van der Waals surface area contributed by atoms with E-state index in [-0.39, 0.29) is 24.3 Å². The molecule has 0 unspecified atom stereocenters. The van der Waals surface area contributed by atoms with E-state index in [0.717, 1.165) is 25.2 Å². The number of carbonyl (C=O) groups is 2. The molecule has 120 valence electrons. The molecule has 1 fully saturated rings. The number of nitrogens with one attached hydrogen (secondary N) is 1. The molecule has 0 saturated carbocycles. The molecule has 0 radical (unpaired) electrons. The summed E-state index contributed by atoms with van der Waals surface area (Å²) in [4.78, 5) is 32.3. The van der Waals surface area contributed by atoms with Crippen molar-refractivity contribution in [3.63, 3.8) is 0 Å². The van der Waals surface area contributed by atoms with Crippen molar-refractivity contribution in [3.05, 3.63) is 24.4 Å². The molecule has 2 heterocycles. The predicted octanol–water partition coefficient (Wildman–Crippen LogP) is 0.892. The van der Waals surface area contributed by atoms with Crippen LogP contribution < -0.4 is 10.2 Å². The highest BCUT2D eigenvalue weighted by Gasteiger charge is 2.29. The topological polar surface area (TPSA) is 65.5 Å². The van der Waals surface area contributed by atoms with Gasteiger partial charge in [0.15, 0.2) is 0 Å². The van der Waals surface area contributed by atoms with Gasteiger partial charge in [0.25, 0.3) is 0 Å². The summed E-state index contributed by atoms with van der Waals surface area (Å²) >= 11 is 0. The zero-order valence-electron chi connectivity index (χ0n) is 13.3. The summed E-state index contributed by atoms with van der Waals surface area (Å²) < 4.78 is 0. The van der Waals surface area contributed by atoms with Crippen LogP contribution in [0.2, 0.25) is 0 Å². The lowest BCUT2D eigenvalue weighted by Gasteiger charge is -2.35. The molecule has 6 nitrogen and oxygen atoms in total. The highest BCUT2D eigenvalue weighted by Crippen LogP contribution is 2.22. The average molecular weight is 304 g/mol. The molecule has 2 rings (SSSR count). The van der Waals surface area contributed by atoms with Gasteiger partial charge >= 0.3 is 0 Å². The van der Waals surface area contributed by atoms with Crippen LogP contribution in [0.4, 0.5) is 5.82 Å². The molecule has 1 aliphatic rings. The minimum atomic E-state index is -0.132. The van der Waals surface area contributed by atoms with Gasteiger partial charge in [0.05, 0.1) is 12.5 Å². The minimum Gasteiger partial charge on any atom is -0.358 e. The Balaban J connectivity index is 2.01. The van der Waals surface area contributed by atoms with Gasteiger partial charge in [-0.15, -0.1) is 0 Å². The average Bonchev–Trinajstić information content (AvgIpc) is 2.59. The largest absolute Gasteiger partial charge is 0.358 e. The quantitative estimate of drug-likeness (QED) is 0.877. The minimum absolute atomic E-state index is 0.0618. The van der Waals surface area contributed by atoms with Crippen LogP contribution in [0.1, 0.15) is 19.8 Å². The molecule has 1 aromatic heterocycles. The van der Waals surface area contributed by atoms with Crippen LogP contribution in [-0.4, -0.2) is 54.9 Å². The summed E-state index contributed by atoms with van der Waals surface area (Å²) in [5.41, 5.74) is 0. The van der Waals surface area contributed by atoms with Gasteiger partial charge in [0, 0.05) is 32.9 Å². The van der Waals surface area contributed by atoms with E-state index in [2.05, 4.69) is 15.2 Å². The van der Waals surface area contributed by atoms with E-state index in [4.69, 9.17) is 0 Å². The predicted molar refractivity (Wildman–Crippen MR) is 85.5 cm³/mol. The van der Waals surface area contributed by atoms with E-state index in [1.807, 2.05) is 25.1 Å². The van der Waals surface area contributed by atoms with E-state index in [1.54, 1.807) is 18.1 Å². The first-order valence-corrected chi connectivity index (χ1v) is 7.81.